The Hall–Kier alpha value is -1.89. The number of amides is 2. The molecule has 0 aromatic heterocycles. The molecule has 0 aliphatic rings. The summed E-state index contributed by atoms with van der Waals surface area (Å²) in [6.07, 6.45) is 1.48. The van der Waals surface area contributed by atoms with Crippen molar-refractivity contribution < 1.29 is 24.2 Å². The third kappa shape index (κ3) is 7.45. The van der Waals surface area contributed by atoms with Crippen LogP contribution in [0.5, 0.6) is 0 Å². The molecule has 7 heteroatoms. The molecule has 0 aromatic carbocycles. The normalized spacial score (nSPS) is 13.9. The first kappa shape index (κ1) is 19.1. The molecular weight excluding hydrogens is 276 g/mol. The van der Waals surface area contributed by atoms with Crippen molar-refractivity contribution >= 4 is 17.8 Å². The zero-order valence-electron chi connectivity index (χ0n) is 12.9. The largest absolute Gasteiger partial charge is 0.480 e. The number of rotatable bonds is 8. The number of nitrogens with one attached hydrogen (secondary N) is 2. The zero-order valence-corrected chi connectivity index (χ0v) is 12.9. The molecule has 0 fully saturated rings. The van der Waals surface area contributed by atoms with Gasteiger partial charge in [-0.25, -0.2) is 4.79 Å². The quantitative estimate of drug-likeness (QED) is 0.442. The second kappa shape index (κ2) is 8.41. The minimum atomic E-state index is -1.21. The molecule has 21 heavy (non-hydrogen) atoms. The van der Waals surface area contributed by atoms with E-state index in [1.54, 1.807) is 20.8 Å². The Kier molecular flexibility index (Phi) is 7.65. The van der Waals surface area contributed by atoms with Crippen LogP contribution in [0.2, 0.25) is 0 Å². The fraction of sp³-hybridized carbons (Fsp3) is 0.643. The van der Waals surface area contributed by atoms with Crippen molar-refractivity contribution in [2.75, 3.05) is 13.2 Å². The first-order valence-corrected chi connectivity index (χ1v) is 6.62. The lowest BCUT2D eigenvalue weighted by Gasteiger charge is -2.22. The van der Waals surface area contributed by atoms with Gasteiger partial charge in [0, 0.05) is 5.41 Å². The van der Waals surface area contributed by atoms with E-state index in [0.29, 0.717) is 0 Å². The van der Waals surface area contributed by atoms with Gasteiger partial charge in [-0.2, -0.15) is 0 Å². The molecule has 120 valence electrons. The van der Waals surface area contributed by atoms with Crippen molar-refractivity contribution in [1.29, 1.82) is 0 Å². The third-order valence-electron chi connectivity index (χ3n) is 2.56. The van der Waals surface area contributed by atoms with E-state index >= 15 is 0 Å². The van der Waals surface area contributed by atoms with Crippen molar-refractivity contribution in [2.45, 2.75) is 39.8 Å². The van der Waals surface area contributed by atoms with Gasteiger partial charge in [0.05, 0.1) is 13.2 Å². The average Bonchev–Trinajstić information content (AvgIpc) is 2.35. The Labute approximate surface area is 124 Å². The average molecular weight is 300 g/mol. The zero-order chi connectivity index (χ0) is 16.6. The molecule has 0 radical (unpaired) electrons. The Balaban J connectivity index is 4.50. The number of carbonyl (C=O) groups is 3. The Morgan fingerprint density at radius 3 is 2.29 bits per heavy atom. The number of carboxylic acid groups (broad SMARTS) is 1. The number of hydrogen-bond donors (Lipinski definition) is 3. The van der Waals surface area contributed by atoms with E-state index in [2.05, 4.69) is 17.2 Å². The summed E-state index contributed by atoms with van der Waals surface area (Å²) in [6, 6.07) is -2.01. The van der Waals surface area contributed by atoms with Crippen LogP contribution in [0.4, 0.5) is 0 Å². The predicted molar refractivity (Wildman–Crippen MR) is 77.6 cm³/mol. The molecule has 0 saturated carbocycles. The van der Waals surface area contributed by atoms with Crippen LogP contribution in [0.25, 0.3) is 0 Å². The lowest BCUT2D eigenvalue weighted by molar-refractivity contribution is -0.144. The molecule has 0 bridgehead atoms. The summed E-state index contributed by atoms with van der Waals surface area (Å²) in [5.41, 5.74) is -0.631. The second-order valence-corrected chi connectivity index (χ2v) is 5.67. The van der Waals surface area contributed by atoms with Gasteiger partial charge in [-0.15, -0.1) is 6.58 Å². The van der Waals surface area contributed by atoms with Crippen LogP contribution >= 0.6 is 0 Å². The van der Waals surface area contributed by atoms with Gasteiger partial charge in [-0.3, -0.25) is 9.59 Å². The van der Waals surface area contributed by atoms with Crippen molar-refractivity contribution in [3.05, 3.63) is 12.7 Å². The number of hydrogen-bond acceptors (Lipinski definition) is 4. The Morgan fingerprint density at radius 1 is 1.29 bits per heavy atom. The monoisotopic (exact) mass is 300 g/mol. The van der Waals surface area contributed by atoms with Gasteiger partial charge in [0.2, 0.25) is 11.8 Å². The molecule has 2 unspecified atom stereocenters. The summed E-state index contributed by atoms with van der Waals surface area (Å²) in [5.74, 6) is -2.08. The maximum Gasteiger partial charge on any atom is 0.328 e. The van der Waals surface area contributed by atoms with Gasteiger partial charge in [0.1, 0.15) is 6.04 Å². The molecule has 2 amide bonds. The van der Waals surface area contributed by atoms with E-state index in [4.69, 9.17) is 9.84 Å². The standard InChI is InChI=1S/C14H24N2O5/c1-6-7-21-8-10(12(18)19)16-11(17)9(2)15-13(20)14(3,4)5/h6,9-10H,1,7-8H2,2-5H3,(H,15,20)(H,16,17)(H,18,19). The van der Waals surface area contributed by atoms with Crippen LogP contribution in [0.1, 0.15) is 27.7 Å². The van der Waals surface area contributed by atoms with Crippen molar-refractivity contribution in [1.82, 2.24) is 10.6 Å². The number of aliphatic carboxylic acids is 1. The smallest absolute Gasteiger partial charge is 0.328 e. The van der Waals surface area contributed by atoms with Crippen LogP contribution in [0, 0.1) is 5.41 Å². The molecule has 0 aliphatic carbocycles. The molecule has 7 nitrogen and oxygen atoms in total. The molecule has 0 aliphatic heterocycles. The van der Waals surface area contributed by atoms with Crippen LogP contribution in [0.3, 0.4) is 0 Å². The molecule has 0 aromatic rings. The first-order chi connectivity index (χ1) is 9.59. The number of carboxylic acids is 1. The van der Waals surface area contributed by atoms with Gasteiger partial charge < -0.3 is 20.5 Å². The van der Waals surface area contributed by atoms with Crippen LogP contribution in [0.15, 0.2) is 12.7 Å². The number of carbonyl (C=O) groups excluding carboxylic acids is 2. The van der Waals surface area contributed by atoms with Gasteiger partial charge in [-0.1, -0.05) is 26.8 Å². The summed E-state index contributed by atoms with van der Waals surface area (Å²) < 4.78 is 5.02. The Morgan fingerprint density at radius 2 is 1.86 bits per heavy atom. The van der Waals surface area contributed by atoms with E-state index in [9.17, 15) is 14.4 Å². The molecule has 0 saturated heterocycles. The molecule has 0 rings (SSSR count). The fourth-order valence-electron chi connectivity index (χ4n) is 1.22. The lowest BCUT2D eigenvalue weighted by atomic mass is 9.95. The van der Waals surface area contributed by atoms with E-state index in [1.165, 1.54) is 13.0 Å². The first-order valence-electron chi connectivity index (χ1n) is 6.62. The van der Waals surface area contributed by atoms with Gasteiger partial charge >= 0.3 is 5.97 Å². The lowest BCUT2D eigenvalue weighted by Crippen LogP contribution is -2.53. The van der Waals surface area contributed by atoms with Crippen molar-refractivity contribution in [3.63, 3.8) is 0 Å². The summed E-state index contributed by atoms with van der Waals surface area (Å²) in [5, 5.41) is 13.9. The minimum absolute atomic E-state index is 0.174. The van der Waals surface area contributed by atoms with E-state index in [1.807, 2.05) is 0 Å². The maximum atomic E-state index is 11.9. The molecule has 2 atom stereocenters. The van der Waals surface area contributed by atoms with Crippen molar-refractivity contribution in [3.8, 4) is 0 Å². The topological polar surface area (TPSA) is 105 Å². The summed E-state index contributed by atoms with van der Waals surface area (Å²) >= 11 is 0. The SMILES string of the molecule is C=CCOCC(NC(=O)C(C)NC(=O)C(C)(C)C)C(=O)O. The second-order valence-electron chi connectivity index (χ2n) is 5.67. The van der Waals surface area contributed by atoms with Gasteiger partial charge in [-0.05, 0) is 6.92 Å². The van der Waals surface area contributed by atoms with E-state index in [-0.39, 0.29) is 19.1 Å². The van der Waals surface area contributed by atoms with Gasteiger partial charge in [0.25, 0.3) is 0 Å². The summed E-state index contributed by atoms with van der Waals surface area (Å²) in [6.45, 7) is 10.1. The van der Waals surface area contributed by atoms with Crippen molar-refractivity contribution in [2.24, 2.45) is 5.41 Å². The molecule has 0 spiro atoms. The minimum Gasteiger partial charge on any atom is -0.480 e. The summed E-state index contributed by atoms with van der Waals surface area (Å²) in [4.78, 5) is 34.7. The summed E-state index contributed by atoms with van der Waals surface area (Å²) in [7, 11) is 0. The fourth-order valence-corrected chi connectivity index (χ4v) is 1.22. The van der Waals surface area contributed by atoms with E-state index < -0.39 is 29.4 Å². The van der Waals surface area contributed by atoms with E-state index in [0.717, 1.165) is 0 Å². The van der Waals surface area contributed by atoms with Crippen LogP contribution in [-0.4, -0.2) is 48.2 Å². The third-order valence-corrected chi connectivity index (χ3v) is 2.56. The predicted octanol–water partition coefficient (Wildman–Crippen LogP) is 0.309. The highest BCUT2D eigenvalue weighted by Gasteiger charge is 2.27. The molecule has 0 heterocycles. The van der Waals surface area contributed by atoms with Gasteiger partial charge in [0.15, 0.2) is 6.04 Å². The molecule has 3 N–H and O–H groups in total. The molecular formula is C14H24N2O5. The maximum absolute atomic E-state index is 11.9. The number of ether oxygens (including phenoxy) is 1. The van der Waals surface area contributed by atoms with Crippen LogP contribution < -0.4 is 10.6 Å². The van der Waals surface area contributed by atoms with Crippen LogP contribution in [-0.2, 0) is 19.1 Å². The highest BCUT2D eigenvalue weighted by molar-refractivity contribution is 5.91. The highest BCUT2D eigenvalue weighted by atomic mass is 16.5. The Bertz CT molecular complexity index is 401. The highest BCUT2D eigenvalue weighted by Crippen LogP contribution is 2.12.